The molecule has 1 fully saturated rings. The van der Waals surface area contributed by atoms with E-state index in [1.807, 2.05) is 0 Å². The largest absolute Gasteiger partial charge is 0.349 e. The van der Waals surface area contributed by atoms with Gasteiger partial charge in [-0.1, -0.05) is 25.7 Å². The zero-order valence-corrected chi connectivity index (χ0v) is 16.2. The van der Waals surface area contributed by atoms with Crippen LogP contribution in [0, 0.1) is 0 Å². The summed E-state index contributed by atoms with van der Waals surface area (Å²) < 4.78 is 0. The molecule has 0 bridgehead atoms. The van der Waals surface area contributed by atoms with Crippen molar-refractivity contribution in [2.24, 2.45) is 0 Å². The highest BCUT2D eigenvalue weighted by atomic mass is 35.5. The van der Waals surface area contributed by atoms with E-state index in [1.165, 1.54) is 56.8 Å². The molecule has 1 aliphatic rings. The summed E-state index contributed by atoms with van der Waals surface area (Å²) in [6, 6.07) is 0.588. The fraction of sp³-hybridized carbons (Fsp3) is 0.667. The lowest BCUT2D eigenvalue weighted by molar-refractivity contribution is -0.114. The number of hydrogen-bond donors (Lipinski definition) is 3. The van der Waals surface area contributed by atoms with Crippen LogP contribution in [0.1, 0.15) is 55.9 Å². The van der Waals surface area contributed by atoms with Gasteiger partial charge in [0.1, 0.15) is 5.69 Å². The summed E-state index contributed by atoms with van der Waals surface area (Å²) in [7, 11) is 0. The third-order valence-electron chi connectivity index (χ3n) is 3.72. The molecule has 6 nitrogen and oxygen atoms in total. The van der Waals surface area contributed by atoms with Crippen molar-refractivity contribution in [2.45, 2.75) is 51.5 Å². The first-order chi connectivity index (χ1) is 10.6. The van der Waals surface area contributed by atoms with Crippen LogP contribution in [-0.4, -0.2) is 35.9 Å². The average Bonchev–Trinajstić information content (AvgIpc) is 2.78. The van der Waals surface area contributed by atoms with Gasteiger partial charge in [0.25, 0.3) is 5.91 Å². The quantitative estimate of drug-likeness (QED) is 0.509. The van der Waals surface area contributed by atoms with Crippen LogP contribution >= 0.6 is 36.2 Å². The number of rotatable bonds is 6. The molecule has 0 aromatic carbocycles. The van der Waals surface area contributed by atoms with Crippen LogP contribution in [0.15, 0.2) is 5.38 Å². The van der Waals surface area contributed by atoms with Crippen molar-refractivity contribution in [1.29, 1.82) is 0 Å². The molecule has 2 rings (SSSR count). The molecule has 24 heavy (non-hydrogen) atoms. The van der Waals surface area contributed by atoms with E-state index in [9.17, 15) is 9.59 Å². The minimum Gasteiger partial charge on any atom is -0.349 e. The predicted molar refractivity (Wildman–Crippen MR) is 103 cm³/mol. The highest BCUT2D eigenvalue weighted by Gasteiger charge is 2.13. The van der Waals surface area contributed by atoms with Crippen LogP contribution in [-0.2, 0) is 4.79 Å². The van der Waals surface area contributed by atoms with E-state index in [4.69, 9.17) is 0 Å². The normalized spacial score (nSPS) is 14.7. The van der Waals surface area contributed by atoms with Gasteiger partial charge in [0, 0.05) is 31.4 Å². The van der Waals surface area contributed by atoms with E-state index < -0.39 is 0 Å². The maximum Gasteiger partial charge on any atom is 0.270 e. The number of aromatic nitrogens is 1. The maximum atomic E-state index is 11.9. The highest BCUT2D eigenvalue weighted by molar-refractivity contribution is 7.14. The van der Waals surface area contributed by atoms with Crippen molar-refractivity contribution < 1.29 is 9.59 Å². The first-order valence-electron chi connectivity index (χ1n) is 7.90. The van der Waals surface area contributed by atoms with Crippen LogP contribution in [0.2, 0.25) is 0 Å². The van der Waals surface area contributed by atoms with Gasteiger partial charge in [0.15, 0.2) is 5.13 Å². The summed E-state index contributed by atoms with van der Waals surface area (Å²) in [6.45, 7) is 2.78. The average molecular weight is 397 g/mol. The number of halogens is 2. The molecule has 2 amide bonds. The lowest BCUT2D eigenvalue weighted by atomic mass is 10.1. The third-order valence-corrected chi connectivity index (χ3v) is 4.48. The van der Waals surface area contributed by atoms with Gasteiger partial charge in [-0.15, -0.1) is 36.2 Å². The van der Waals surface area contributed by atoms with Gasteiger partial charge in [0.2, 0.25) is 5.91 Å². The van der Waals surface area contributed by atoms with Gasteiger partial charge < -0.3 is 16.0 Å². The highest BCUT2D eigenvalue weighted by Crippen LogP contribution is 2.17. The van der Waals surface area contributed by atoms with E-state index in [2.05, 4.69) is 20.9 Å². The Morgan fingerprint density at radius 1 is 1.17 bits per heavy atom. The predicted octanol–water partition coefficient (Wildman–Crippen LogP) is 2.99. The molecule has 0 radical (unpaired) electrons. The van der Waals surface area contributed by atoms with Gasteiger partial charge in [-0.2, -0.15) is 0 Å². The molecular weight excluding hydrogens is 371 g/mol. The molecule has 0 atom stereocenters. The Bertz CT molecular complexity index is 505. The summed E-state index contributed by atoms with van der Waals surface area (Å²) in [5.41, 5.74) is 0.350. The van der Waals surface area contributed by atoms with Crippen molar-refractivity contribution in [1.82, 2.24) is 15.6 Å². The second kappa shape index (κ2) is 12.5. The molecular formula is C15H26Cl2N4O2S. The Morgan fingerprint density at radius 2 is 1.83 bits per heavy atom. The van der Waals surface area contributed by atoms with Gasteiger partial charge >= 0.3 is 0 Å². The van der Waals surface area contributed by atoms with E-state index in [-0.39, 0.29) is 36.6 Å². The van der Waals surface area contributed by atoms with Crippen LogP contribution in [0.25, 0.3) is 0 Å². The first-order valence-corrected chi connectivity index (χ1v) is 8.78. The van der Waals surface area contributed by atoms with Crippen molar-refractivity contribution in [3.63, 3.8) is 0 Å². The molecule has 1 aromatic heterocycles. The standard InChI is InChI=1S/C15H24N4O2S.2ClH/c1-11(20)18-15-19-13(10-22-15)14(21)17-9-8-16-12-6-4-2-3-5-7-12;;/h10,12,16H,2-9H2,1H3,(H,17,21)(H,18,19,20);2*1H. The van der Waals surface area contributed by atoms with Crippen molar-refractivity contribution >= 4 is 53.1 Å². The summed E-state index contributed by atoms with van der Waals surface area (Å²) in [5.74, 6) is -0.385. The number of amides is 2. The van der Waals surface area contributed by atoms with Gasteiger partial charge in [0.05, 0.1) is 0 Å². The number of nitrogens with one attached hydrogen (secondary N) is 3. The van der Waals surface area contributed by atoms with Crippen LogP contribution in [0.5, 0.6) is 0 Å². The minimum atomic E-state index is -0.199. The molecule has 1 saturated carbocycles. The van der Waals surface area contributed by atoms with Gasteiger partial charge in [-0.3, -0.25) is 9.59 Å². The van der Waals surface area contributed by atoms with E-state index in [0.29, 0.717) is 23.4 Å². The number of anilines is 1. The zero-order valence-electron chi connectivity index (χ0n) is 13.8. The minimum absolute atomic E-state index is 0. The summed E-state index contributed by atoms with van der Waals surface area (Å²) in [4.78, 5) is 27.0. The Morgan fingerprint density at radius 3 is 2.46 bits per heavy atom. The third kappa shape index (κ3) is 8.28. The fourth-order valence-corrected chi connectivity index (χ4v) is 3.35. The molecule has 1 aliphatic carbocycles. The second-order valence-electron chi connectivity index (χ2n) is 5.62. The molecule has 3 N–H and O–H groups in total. The lowest BCUT2D eigenvalue weighted by Crippen LogP contribution is -2.37. The first kappa shape index (κ1) is 23.1. The SMILES string of the molecule is CC(=O)Nc1nc(C(=O)NCCNC2CCCCCC2)cs1.Cl.Cl. The molecule has 0 saturated heterocycles. The monoisotopic (exact) mass is 396 g/mol. The van der Waals surface area contributed by atoms with Gasteiger partial charge in [-0.25, -0.2) is 4.98 Å². The fourth-order valence-electron chi connectivity index (χ4n) is 2.61. The Kier molecular flexibility index (Phi) is 12.0. The van der Waals surface area contributed by atoms with E-state index in [0.717, 1.165) is 6.54 Å². The van der Waals surface area contributed by atoms with Crippen LogP contribution in [0.4, 0.5) is 5.13 Å². The Labute approximate surface area is 159 Å². The number of carbonyl (C=O) groups is 2. The summed E-state index contributed by atoms with van der Waals surface area (Å²) in [5, 5.41) is 11.0. The molecule has 0 spiro atoms. The number of carbonyl (C=O) groups excluding carboxylic acids is 2. The molecule has 138 valence electrons. The van der Waals surface area contributed by atoms with Crippen LogP contribution in [0.3, 0.4) is 0 Å². The second-order valence-corrected chi connectivity index (χ2v) is 6.48. The van der Waals surface area contributed by atoms with Crippen molar-refractivity contribution in [3.05, 3.63) is 11.1 Å². The van der Waals surface area contributed by atoms with E-state index >= 15 is 0 Å². The molecule has 9 heteroatoms. The zero-order chi connectivity index (χ0) is 15.8. The molecule has 0 aliphatic heterocycles. The maximum absolute atomic E-state index is 11.9. The number of hydrogen-bond acceptors (Lipinski definition) is 5. The van der Waals surface area contributed by atoms with E-state index in [1.54, 1.807) is 5.38 Å². The topological polar surface area (TPSA) is 83.1 Å². The van der Waals surface area contributed by atoms with Crippen LogP contribution < -0.4 is 16.0 Å². The van der Waals surface area contributed by atoms with Crippen molar-refractivity contribution in [2.75, 3.05) is 18.4 Å². The van der Waals surface area contributed by atoms with Gasteiger partial charge in [-0.05, 0) is 12.8 Å². The number of thiazole rings is 1. The molecule has 1 aromatic rings. The summed E-state index contributed by atoms with van der Waals surface area (Å²) >= 11 is 1.25. The molecule has 1 heterocycles. The Balaban J connectivity index is 0.00000264. The smallest absolute Gasteiger partial charge is 0.270 e. The number of nitrogens with zero attached hydrogens (tertiary/aromatic N) is 1. The Hall–Kier alpha value is -0.890. The molecule has 0 unspecified atom stereocenters. The van der Waals surface area contributed by atoms with Crippen molar-refractivity contribution in [3.8, 4) is 0 Å². The lowest BCUT2D eigenvalue weighted by Gasteiger charge is -2.16. The summed E-state index contributed by atoms with van der Waals surface area (Å²) in [6.07, 6.45) is 7.76.